The van der Waals surface area contributed by atoms with Crippen LogP contribution in [0.1, 0.15) is 26.3 Å². The van der Waals surface area contributed by atoms with Crippen LogP contribution in [0.25, 0.3) is 0 Å². The smallest absolute Gasteiger partial charge is 0.329 e. The highest BCUT2D eigenvalue weighted by molar-refractivity contribution is 5.85. The summed E-state index contributed by atoms with van der Waals surface area (Å²) in [6.45, 7) is 5.35. The number of carbonyl (C=O) groups is 2. The van der Waals surface area contributed by atoms with Crippen molar-refractivity contribution in [2.75, 3.05) is 6.54 Å². The van der Waals surface area contributed by atoms with Crippen LogP contribution in [0.4, 0.5) is 4.79 Å². The molecule has 0 fully saturated rings. The first-order chi connectivity index (χ1) is 8.39. The number of aromatic amines is 1. The van der Waals surface area contributed by atoms with E-state index in [0.29, 0.717) is 13.1 Å². The lowest BCUT2D eigenvalue weighted by Gasteiger charge is -2.34. The van der Waals surface area contributed by atoms with Crippen molar-refractivity contribution >= 4 is 12.0 Å². The van der Waals surface area contributed by atoms with Crippen molar-refractivity contribution in [3.05, 3.63) is 18.0 Å². The maximum atomic E-state index is 11.9. The highest BCUT2D eigenvalue weighted by Crippen LogP contribution is 2.14. The summed E-state index contributed by atoms with van der Waals surface area (Å²) in [5.74, 6) is -1.04. The highest BCUT2D eigenvalue weighted by atomic mass is 16.4. The van der Waals surface area contributed by atoms with E-state index in [9.17, 15) is 9.59 Å². The number of carboxylic acids is 1. The molecule has 0 aliphatic carbocycles. The Labute approximate surface area is 105 Å². The van der Waals surface area contributed by atoms with Crippen molar-refractivity contribution in [3.8, 4) is 0 Å². The number of aromatic nitrogens is 2. The van der Waals surface area contributed by atoms with Gasteiger partial charge < -0.3 is 15.3 Å². The van der Waals surface area contributed by atoms with Crippen molar-refractivity contribution in [1.29, 1.82) is 0 Å². The van der Waals surface area contributed by atoms with Gasteiger partial charge in [0, 0.05) is 24.8 Å². The molecule has 0 unspecified atom stereocenters. The van der Waals surface area contributed by atoms with Crippen molar-refractivity contribution in [2.45, 2.75) is 32.9 Å². The Morgan fingerprint density at radius 1 is 1.56 bits per heavy atom. The molecule has 0 saturated carbocycles. The van der Waals surface area contributed by atoms with Crippen LogP contribution >= 0.6 is 0 Å². The second-order valence-corrected chi connectivity index (χ2v) is 4.37. The number of carboxylic acid groups (broad SMARTS) is 1. The van der Waals surface area contributed by atoms with Gasteiger partial charge in [0.05, 0.1) is 6.20 Å². The maximum Gasteiger partial charge on any atom is 0.329 e. The number of rotatable bonds is 5. The number of hydrogen-bond acceptors (Lipinski definition) is 3. The quantitative estimate of drug-likeness (QED) is 0.724. The third-order valence-electron chi connectivity index (χ3n) is 2.76. The fourth-order valence-corrected chi connectivity index (χ4v) is 1.56. The van der Waals surface area contributed by atoms with Gasteiger partial charge in [0.25, 0.3) is 0 Å². The summed E-state index contributed by atoms with van der Waals surface area (Å²) < 4.78 is 0. The minimum Gasteiger partial charge on any atom is -0.480 e. The fourth-order valence-electron chi connectivity index (χ4n) is 1.56. The zero-order chi connectivity index (χ0) is 13.8. The molecule has 1 aromatic heterocycles. The fraction of sp³-hybridized carbons (Fsp3) is 0.545. The lowest BCUT2D eigenvalue weighted by molar-refractivity contribution is -0.147. The molecule has 7 nitrogen and oxygen atoms in total. The normalized spacial score (nSPS) is 11.1. The first-order valence-corrected chi connectivity index (χ1v) is 5.66. The zero-order valence-corrected chi connectivity index (χ0v) is 10.7. The van der Waals surface area contributed by atoms with E-state index in [0.717, 1.165) is 5.56 Å². The Bertz CT molecular complexity index is 414. The molecule has 0 radical (unpaired) electrons. The Morgan fingerprint density at radius 2 is 2.22 bits per heavy atom. The van der Waals surface area contributed by atoms with Crippen LogP contribution < -0.4 is 5.32 Å². The number of carbonyl (C=O) groups excluding carboxylic acids is 1. The molecule has 100 valence electrons. The van der Waals surface area contributed by atoms with Crippen LogP contribution in [0, 0.1) is 0 Å². The molecule has 0 saturated heterocycles. The Morgan fingerprint density at radius 3 is 2.67 bits per heavy atom. The first-order valence-electron chi connectivity index (χ1n) is 5.66. The summed E-state index contributed by atoms with van der Waals surface area (Å²) in [6.07, 6.45) is 3.26. The number of nitrogens with zero attached hydrogens (tertiary/aromatic N) is 2. The Hall–Kier alpha value is -2.05. The van der Waals surface area contributed by atoms with E-state index < -0.39 is 17.5 Å². The van der Waals surface area contributed by atoms with E-state index in [1.54, 1.807) is 19.3 Å². The topological polar surface area (TPSA) is 98.3 Å². The summed E-state index contributed by atoms with van der Waals surface area (Å²) in [7, 11) is 0. The largest absolute Gasteiger partial charge is 0.480 e. The zero-order valence-electron chi connectivity index (χ0n) is 10.7. The number of urea groups is 1. The molecule has 0 aliphatic rings. The van der Waals surface area contributed by atoms with Crippen LogP contribution in [0.2, 0.25) is 0 Å². The van der Waals surface area contributed by atoms with Gasteiger partial charge in [-0.1, -0.05) is 0 Å². The summed E-state index contributed by atoms with van der Waals surface area (Å²) in [5.41, 5.74) is -0.414. The van der Waals surface area contributed by atoms with Gasteiger partial charge in [-0.25, -0.2) is 9.59 Å². The molecule has 18 heavy (non-hydrogen) atoms. The molecule has 0 aromatic carbocycles. The molecular weight excluding hydrogens is 236 g/mol. The summed E-state index contributed by atoms with van der Waals surface area (Å²) in [6, 6.07) is -0.411. The summed E-state index contributed by atoms with van der Waals surface area (Å²) in [4.78, 5) is 24.3. The highest BCUT2D eigenvalue weighted by Gasteiger charge is 2.36. The average Bonchev–Trinajstić information content (AvgIpc) is 2.79. The van der Waals surface area contributed by atoms with E-state index in [1.165, 1.54) is 18.7 Å². The third kappa shape index (κ3) is 2.99. The van der Waals surface area contributed by atoms with Crippen molar-refractivity contribution in [2.24, 2.45) is 0 Å². The van der Waals surface area contributed by atoms with E-state index >= 15 is 0 Å². The third-order valence-corrected chi connectivity index (χ3v) is 2.76. The number of H-pyrrole nitrogens is 1. The number of nitrogens with one attached hydrogen (secondary N) is 2. The minimum absolute atomic E-state index is 0.307. The van der Waals surface area contributed by atoms with E-state index in [1.807, 2.05) is 0 Å². The standard InChI is InChI=1S/C11H18N4O3/c1-4-15(11(2,3)9(16)17)10(18)12-5-8-6-13-14-7-8/h6-7H,4-5H2,1-3H3,(H,12,18)(H,13,14)(H,16,17). The van der Waals surface area contributed by atoms with Gasteiger partial charge >= 0.3 is 12.0 Å². The number of likely N-dealkylation sites (N-methyl/N-ethyl adjacent to an activating group) is 1. The minimum atomic E-state index is -1.24. The molecular formula is C11H18N4O3. The van der Waals surface area contributed by atoms with Crippen molar-refractivity contribution < 1.29 is 14.7 Å². The van der Waals surface area contributed by atoms with Crippen LogP contribution in [0.15, 0.2) is 12.4 Å². The molecule has 0 spiro atoms. The second-order valence-electron chi connectivity index (χ2n) is 4.37. The molecule has 3 N–H and O–H groups in total. The maximum absolute atomic E-state index is 11.9. The van der Waals surface area contributed by atoms with Gasteiger partial charge in [0.1, 0.15) is 5.54 Å². The van der Waals surface area contributed by atoms with E-state index in [4.69, 9.17) is 5.11 Å². The SMILES string of the molecule is CCN(C(=O)NCc1cn[nH]c1)C(C)(C)C(=O)O. The Balaban J connectivity index is 2.65. The predicted octanol–water partition coefficient (Wildman–Crippen LogP) is 0.804. The van der Waals surface area contributed by atoms with Crippen molar-refractivity contribution in [1.82, 2.24) is 20.4 Å². The first kappa shape index (κ1) is 14.0. The molecule has 1 rings (SSSR count). The lowest BCUT2D eigenvalue weighted by Crippen LogP contribution is -2.55. The molecule has 0 bridgehead atoms. The summed E-state index contributed by atoms with van der Waals surface area (Å²) in [5, 5.41) is 18.2. The lowest BCUT2D eigenvalue weighted by atomic mass is 10.0. The van der Waals surface area contributed by atoms with Gasteiger partial charge in [0.2, 0.25) is 0 Å². The number of hydrogen-bond donors (Lipinski definition) is 3. The molecule has 1 aromatic rings. The van der Waals surface area contributed by atoms with E-state index in [2.05, 4.69) is 15.5 Å². The number of aliphatic carboxylic acids is 1. The number of amides is 2. The van der Waals surface area contributed by atoms with Gasteiger partial charge in [-0.05, 0) is 20.8 Å². The van der Waals surface area contributed by atoms with Crippen molar-refractivity contribution in [3.63, 3.8) is 0 Å². The average molecular weight is 254 g/mol. The second kappa shape index (κ2) is 5.52. The van der Waals surface area contributed by atoms with Gasteiger partial charge in [-0.2, -0.15) is 5.10 Å². The molecule has 2 amide bonds. The van der Waals surface area contributed by atoms with E-state index in [-0.39, 0.29) is 0 Å². The molecule has 7 heteroatoms. The van der Waals surface area contributed by atoms with Crippen LogP contribution in [0.3, 0.4) is 0 Å². The van der Waals surface area contributed by atoms with Gasteiger partial charge in [-0.3, -0.25) is 5.10 Å². The monoisotopic (exact) mass is 254 g/mol. The predicted molar refractivity (Wildman–Crippen MR) is 64.9 cm³/mol. The summed E-state index contributed by atoms with van der Waals surface area (Å²) >= 11 is 0. The molecule has 0 atom stereocenters. The van der Waals surface area contributed by atoms with Crippen LogP contribution in [-0.2, 0) is 11.3 Å². The molecule has 1 heterocycles. The van der Waals surface area contributed by atoms with Crippen LogP contribution in [0.5, 0.6) is 0 Å². The Kier molecular flexibility index (Phi) is 4.30. The molecule has 0 aliphatic heterocycles. The van der Waals surface area contributed by atoms with Gasteiger partial charge in [0.15, 0.2) is 0 Å². The van der Waals surface area contributed by atoms with Gasteiger partial charge in [-0.15, -0.1) is 0 Å². The van der Waals surface area contributed by atoms with Crippen LogP contribution in [-0.4, -0.2) is 44.3 Å².